The Morgan fingerprint density at radius 1 is 1.07 bits per heavy atom. The monoisotopic (exact) mass is 205 g/mol. The van der Waals surface area contributed by atoms with Gasteiger partial charge >= 0.3 is 0 Å². The van der Waals surface area contributed by atoms with Crippen LogP contribution in [0.1, 0.15) is 0 Å². The van der Waals surface area contributed by atoms with Crippen molar-refractivity contribution in [1.82, 2.24) is 4.98 Å². The molecule has 0 aliphatic rings. The Balaban J connectivity index is 2.63. The predicted octanol–water partition coefficient (Wildman–Crippen LogP) is 3.11. The molecule has 70 valence electrons. The zero-order chi connectivity index (χ0) is 9.97. The van der Waals surface area contributed by atoms with Gasteiger partial charge in [0.05, 0.1) is 16.3 Å². The van der Waals surface area contributed by atoms with Gasteiger partial charge in [-0.05, 0) is 24.3 Å². The molecule has 0 bridgehead atoms. The van der Waals surface area contributed by atoms with Crippen molar-refractivity contribution in [2.75, 3.05) is 0 Å². The first kappa shape index (κ1) is 9.03. The van der Waals surface area contributed by atoms with Gasteiger partial charge in [0.25, 0.3) is 0 Å². The van der Waals surface area contributed by atoms with Gasteiger partial charge in [0.1, 0.15) is 5.75 Å². The molecular weight excluding hydrogens is 198 g/mol. The third-order valence-corrected chi connectivity index (χ3v) is 2.23. The van der Waals surface area contributed by atoms with E-state index in [1.165, 1.54) is 0 Å². The minimum Gasteiger partial charge on any atom is -0.507 e. The highest BCUT2D eigenvalue weighted by atomic mass is 35.5. The fraction of sp³-hybridized carbons (Fsp3) is 0. The molecule has 2 rings (SSSR count). The Labute approximate surface area is 86.8 Å². The molecule has 1 N–H and O–H groups in total. The molecule has 0 aliphatic carbocycles. The summed E-state index contributed by atoms with van der Waals surface area (Å²) < 4.78 is 0. The SMILES string of the molecule is Oc1cccc(Cl)c1-c1ccccn1. The number of halogens is 1. The highest BCUT2D eigenvalue weighted by Crippen LogP contribution is 2.33. The Kier molecular flexibility index (Phi) is 2.37. The molecule has 0 spiro atoms. The second-order valence-electron chi connectivity index (χ2n) is 2.85. The number of phenolic OH excluding ortho intramolecular Hbond substituents is 1. The van der Waals surface area contributed by atoms with Crippen molar-refractivity contribution < 1.29 is 5.11 Å². The lowest BCUT2D eigenvalue weighted by molar-refractivity contribution is 0.477. The summed E-state index contributed by atoms with van der Waals surface area (Å²) in [6.45, 7) is 0. The highest BCUT2D eigenvalue weighted by molar-refractivity contribution is 6.33. The van der Waals surface area contributed by atoms with Crippen molar-refractivity contribution in [1.29, 1.82) is 0 Å². The summed E-state index contributed by atoms with van der Waals surface area (Å²) in [5.74, 6) is 0.149. The highest BCUT2D eigenvalue weighted by Gasteiger charge is 2.08. The fourth-order valence-corrected chi connectivity index (χ4v) is 1.54. The molecule has 0 saturated heterocycles. The third-order valence-electron chi connectivity index (χ3n) is 1.91. The molecule has 2 nitrogen and oxygen atoms in total. The van der Waals surface area contributed by atoms with Crippen LogP contribution in [0.3, 0.4) is 0 Å². The van der Waals surface area contributed by atoms with Crippen LogP contribution in [0.25, 0.3) is 11.3 Å². The zero-order valence-electron chi connectivity index (χ0n) is 7.31. The maximum Gasteiger partial charge on any atom is 0.126 e. The Morgan fingerprint density at radius 2 is 1.93 bits per heavy atom. The van der Waals surface area contributed by atoms with Crippen LogP contribution in [0.15, 0.2) is 42.6 Å². The van der Waals surface area contributed by atoms with Gasteiger partial charge in [0.2, 0.25) is 0 Å². The Morgan fingerprint density at radius 3 is 2.57 bits per heavy atom. The van der Waals surface area contributed by atoms with Crippen molar-refractivity contribution in [3.63, 3.8) is 0 Å². The van der Waals surface area contributed by atoms with E-state index >= 15 is 0 Å². The molecule has 2 aromatic rings. The zero-order valence-corrected chi connectivity index (χ0v) is 8.07. The van der Waals surface area contributed by atoms with E-state index in [0.717, 1.165) is 0 Å². The topological polar surface area (TPSA) is 33.1 Å². The summed E-state index contributed by atoms with van der Waals surface area (Å²) in [7, 11) is 0. The van der Waals surface area contributed by atoms with Gasteiger partial charge in [-0.3, -0.25) is 4.98 Å². The summed E-state index contributed by atoms with van der Waals surface area (Å²) in [4.78, 5) is 4.13. The standard InChI is InChI=1S/C11H8ClNO/c12-8-4-3-6-10(14)11(8)9-5-1-2-7-13-9/h1-7,14H. The molecule has 0 atom stereocenters. The van der Waals surface area contributed by atoms with Crippen LogP contribution < -0.4 is 0 Å². The number of phenols is 1. The van der Waals surface area contributed by atoms with Crippen LogP contribution in [0.4, 0.5) is 0 Å². The molecule has 1 heterocycles. The van der Waals surface area contributed by atoms with Crippen LogP contribution >= 0.6 is 11.6 Å². The van der Waals surface area contributed by atoms with Crippen LogP contribution in [-0.4, -0.2) is 10.1 Å². The van der Waals surface area contributed by atoms with Gasteiger partial charge in [-0.25, -0.2) is 0 Å². The van der Waals surface area contributed by atoms with E-state index in [-0.39, 0.29) is 5.75 Å². The smallest absolute Gasteiger partial charge is 0.126 e. The molecule has 0 unspecified atom stereocenters. The lowest BCUT2D eigenvalue weighted by Gasteiger charge is -2.05. The largest absolute Gasteiger partial charge is 0.507 e. The number of hydrogen-bond acceptors (Lipinski definition) is 2. The average Bonchev–Trinajstić information content (AvgIpc) is 2.19. The molecule has 0 amide bonds. The Hall–Kier alpha value is -1.54. The quantitative estimate of drug-likeness (QED) is 0.776. The van der Waals surface area contributed by atoms with E-state index in [1.807, 2.05) is 12.1 Å². The minimum atomic E-state index is 0.149. The van der Waals surface area contributed by atoms with E-state index in [4.69, 9.17) is 11.6 Å². The van der Waals surface area contributed by atoms with Crippen molar-refractivity contribution in [3.05, 3.63) is 47.6 Å². The maximum atomic E-state index is 9.62. The van der Waals surface area contributed by atoms with E-state index in [1.54, 1.807) is 30.5 Å². The maximum absolute atomic E-state index is 9.62. The number of nitrogens with zero attached hydrogens (tertiary/aromatic N) is 1. The number of aromatic nitrogens is 1. The second-order valence-corrected chi connectivity index (χ2v) is 3.26. The summed E-state index contributed by atoms with van der Waals surface area (Å²) in [5.41, 5.74) is 1.25. The summed E-state index contributed by atoms with van der Waals surface area (Å²) in [6.07, 6.45) is 1.66. The van der Waals surface area contributed by atoms with Crippen molar-refractivity contribution >= 4 is 11.6 Å². The molecule has 1 aromatic carbocycles. The van der Waals surface area contributed by atoms with Gasteiger partial charge < -0.3 is 5.11 Å². The van der Waals surface area contributed by atoms with E-state index in [0.29, 0.717) is 16.3 Å². The fourth-order valence-electron chi connectivity index (χ4n) is 1.28. The van der Waals surface area contributed by atoms with Crippen molar-refractivity contribution in [2.45, 2.75) is 0 Å². The summed E-state index contributed by atoms with van der Waals surface area (Å²) >= 11 is 5.96. The van der Waals surface area contributed by atoms with Crippen LogP contribution in [-0.2, 0) is 0 Å². The van der Waals surface area contributed by atoms with Gasteiger partial charge in [-0.1, -0.05) is 23.7 Å². The minimum absolute atomic E-state index is 0.149. The van der Waals surface area contributed by atoms with Gasteiger partial charge in [-0.2, -0.15) is 0 Å². The number of rotatable bonds is 1. The Bertz CT molecular complexity index is 422. The predicted molar refractivity (Wildman–Crippen MR) is 56.3 cm³/mol. The first-order valence-electron chi connectivity index (χ1n) is 4.18. The first-order valence-corrected chi connectivity index (χ1v) is 4.56. The van der Waals surface area contributed by atoms with Crippen molar-refractivity contribution in [2.24, 2.45) is 0 Å². The molecule has 0 radical (unpaired) electrons. The molecule has 14 heavy (non-hydrogen) atoms. The van der Waals surface area contributed by atoms with E-state index < -0.39 is 0 Å². The molecule has 0 saturated carbocycles. The van der Waals surface area contributed by atoms with E-state index in [2.05, 4.69) is 4.98 Å². The number of benzene rings is 1. The second kappa shape index (κ2) is 3.68. The summed E-state index contributed by atoms with van der Waals surface area (Å²) in [6, 6.07) is 10.5. The summed E-state index contributed by atoms with van der Waals surface area (Å²) in [5, 5.41) is 10.1. The average molecular weight is 206 g/mol. The van der Waals surface area contributed by atoms with Gasteiger partial charge in [-0.15, -0.1) is 0 Å². The first-order chi connectivity index (χ1) is 6.79. The lowest BCUT2D eigenvalue weighted by Crippen LogP contribution is -1.83. The van der Waals surface area contributed by atoms with Crippen LogP contribution in [0, 0.1) is 0 Å². The van der Waals surface area contributed by atoms with Crippen molar-refractivity contribution in [3.8, 4) is 17.0 Å². The molecule has 0 fully saturated rings. The normalized spacial score (nSPS) is 10.1. The van der Waals surface area contributed by atoms with Crippen LogP contribution in [0.2, 0.25) is 5.02 Å². The number of pyridine rings is 1. The number of aromatic hydroxyl groups is 1. The van der Waals surface area contributed by atoms with Gasteiger partial charge in [0, 0.05) is 6.20 Å². The number of hydrogen-bond donors (Lipinski definition) is 1. The molecule has 1 aromatic heterocycles. The van der Waals surface area contributed by atoms with E-state index in [9.17, 15) is 5.11 Å². The molecule has 3 heteroatoms. The lowest BCUT2D eigenvalue weighted by atomic mass is 10.1. The van der Waals surface area contributed by atoms with Crippen LogP contribution in [0.5, 0.6) is 5.75 Å². The molecule has 0 aliphatic heterocycles. The third kappa shape index (κ3) is 1.56. The molecular formula is C11H8ClNO. The van der Waals surface area contributed by atoms with Gasteiger partial charge in [0.15, 0.2) is 0 Å².